The second-order valence-electron chi connectivity index (χ2n) is 5.06. The molecule has 1 aliphatic rings. The van der Waals surface area contributed by atoms with Crippen LogP contribution in [0.25, 0.3) is 0 Å². The van der Waals surface area contributed by atoms with Crippen LogP contribution in [0.5, 0.6) is 0 Å². The molecule has 0 aromatic heterocycles. The van der Waals surface area contributed by atoms with Crippen LogP contribution in [-0.4, -0.2) is 23.9 Å². The number of rotatable bonds is 1. The van der Waals surface area contributed by atoms with E-state index in [4.69, 9.17) is 0 Å². The average molecular weight is 314 g/mol. The minimum Gasteiger partial charge on any atom is -0.339 e. The minimum absolute atomic E-state index is 0.0762. The van der Waals surface area contributed by atoms with Crippen molar-refractivity contribution in [1.82, 2.24) is 4.90 Å². The highest BCUT2D eigenvalue weighted by Crippen LogP contribution is 2.24. The van der Waals surface area contributed by atoms with Crippen molar-refractivity contribution in [3.05, 3.63) is 33.5 Å². The van der Waals surface area contributed by atoms with E-state index in [0.29, 0.717) is 21.5 Å². The molecule has 0 bridgehead atoms. The summed E-state index contributed by atoms with van der Waals surface area (Å²) in [6.07, 6.45) is 2.05. The Bertz CT molecular complexity index is 467. The molecule has 2 rings (SSSR count). The molecule has 1 aliphatic heterocycles. The number of nitrogens with zero attached hydrogens (tertiary/aromatic N) is 1. The Labute approximate surface area is 115 Å². The van der Waals surface area contributed by atoms with Crippen LogP contribution in [0.2, 0.25) is 0 Å². The zero-order valence-electron chi connectivity index (χ0n) is 10.7. The van der Waals surface area contributed by atoms with Crippen LogP contribution in [0.15, 0.2) is 16.6 Å². The summed E-state index contributed by atoms with van der Waals surface area (Å²) in [7, 11) is 0. The number of hydrogen-bond donors (Lipinski definition) is 0. The largest absolute Gasteiger partial charge is 0.339 e. The van der Waals surface area contributed by atoms with Gasteiger partial charge in [0.15, 0.2) is 0 Å². The molecule has 1 fully saturated rings. The number of carbonyl (C=O) groups is 1. The van der Waals surface area contributed by atoms with Crippen LogP contribution in [0.4, 0.5) is 4.39 Å². The summed E-state index contributed by atoms with van der Waals surface area (Å²) in [5, 5.41) is 0. The summed E-state index contributed by atoms with van der Waals surface area (Å²) in [6.45, 7) is 5.42. The molecule has 1 saturated heterocycles. The van der Waals surface area contributed by atoms with Crippen LogP contribution in [-0.2, 0) is 0 Å². The Morgan fingerprint density at radius 1 is 1.39 bits per heavy atom. The topological polar surface area (TPSA) is 20.3 Å². The lowest BCUT2D eigenvalue weighted by Gasteiger charge is -2.30. The molecular weight excluding hydrogens is 297 g/mol. The Balaban J connectivity index is 2.21. The summed E-state index contributed by atoms with van der Waals surface area (Å²) in [5.74, 6) is 0.270. The lowest BCUT2D eigenvalue weighted by atomic mass is 9.98. The van der Waals surface area contributed by atoms with E-state index >= 15 is 0 Å². The van der Waals surface area contributed by atoms with Crippen molar-refractivity contribution in [2.75, 3.05) is 13.1 Å². The Morgan fingerprint density at radius 2 is 2.00 bits per heavy atom. The van der Waals surface area contributed by atoms with Gasteiger partial charge in [-0.05, 0) is 59.3 Å². The number of likely N-dealkylation sites (tertiary alicyclic amines) is 1. The molecule has 1 aromatic carbocycles. The van der Waals surface area contributed by atoms with E-state index in [2.05, 4.69) is 22.9 Å². The Kier molecular flexibility index (Phi) is 4.05. The highest BCUT2D eigenvalue weighted by molar-refractivity contribution is 9.10. The molecule has 1 amide bonds. The van der Waals surface area contributed by atoms with Crippen LogP contribution in [0.3, 0.4) is 0 Å². The van der Waals surface area contributed by atoms with Gasteiger partial charge in [0.05, 0.1) is 5.56 Å². The summed E-state index contributed by atoms with van der Waals surface area (Å²) in [4.78, 5) is 14.1. The Morgan fingerprint density at radius 3 is 2.61 bits per heavy atom. The minimum atomic E-state index is -0.327. The summed E-state index contributed by atoms with van der Waals surface area (Å²) in [6, 6.07) is 2.99. The van der Waals surface area contributed by atoms with Crippen molar-refractivity contribution in [2.24, 2.45) is 5.92 Å². The molecule has 0 atom stereocenters. The third kappa shape index (κ3) is 2.74. The fourth-order valence-corrected chi connectivity index (χ4v) is 2.82. The van der Waals surface area contributed by atoms with Gasteiger partial charge in [-0.2, -0.15) is 0 Å². The predicted octanol–water partition coefficient (Wildman–Crippen LogP) is 3.77. The first-order valence-electron chi connectivity index (χ1n) is 6.24. The first-order valence-corrected chi connectivity index (χ1v) is 7.03. The van der Waals surface area contributed by atoms with Crippen molar-refractivity contribution in [1.29, 1.82) is 0 Å². The van der Waals surface area contributed by atoms with Crippen molar-refractivity contribution in [3.8, 4) is 0 Å². The first-order chi connectivity index (χ1) is 8.49. The van der Waals surface area contributed by atoms with Gasteiger partial charge in [0, 0.05) is 17.6 Å². The average Bonchev–Trinajstić information content (AvgIpc) is 2.34. The number of amides is 1. The fraction of sp³-hybridized carbons (Fsp3) is 0.500. The third-order valence-electron chi connectivity index (χ3n) is 3.55. The quantitative estimate of drug-likeness (QED) is 0.773. The van der Waals surface area contributed by atoms with Crippen LogP contribution < -0.4 is 0 Å². The Hall–Kier alpha value is -0.900. The lowest BCUT2D eigenvalue weighted by Crippen LogP contribution is -2.38. The van der Waals surface area contributed by atoms with Gasteiger partial charge in [-0.3, -0.25) is 4.79 Å². The van der Waals surface area contributed by atoms with Gasteiger partial charge in [-0.15, -0.1) is 0 Å². The second kappa shape index (κ2) is 5.39. The SMILES string of the molecule is Cc1cc(Br)c(C(=O)N2CCC(C)CC2)cc1F. The van der Waals surface area contributed by atoms with Crippen molar-refractivity contribution < 1.29 is 9.18 Å². The summed E-state index contributed by atoms with van der Waals surface area (Å²) < 4.78 is 14.2. The maximum absolute atomic E-state index is 13.6. The standard InChI is InChI=1S/C14H17BrFNO/c1-9-3-5-17(6-4-9)14(18)11-8-13(16)10(2)7-12(11)15/h7-9H,3-6H2,1-2H3. The van der Waals surface area contributed by atoms with E-state index < -0.39 is 0 Å². The highest BCUT2D eigenvalue weighted by atomic mass is 79.9. The molecule has 98 valence electrons. The molecule has 2 nitrogen and oxygen atoms in total. The molecule has 18 heavy (non-hydrogen) atoms. The van der Waals surface area contributed by atoms with Gasteiger partial charge < -0.3 is 4.90 Å². The van der Waals surface area contributed by atoms with Crippen LogP contribution >= 0.6 is 15.9 Å². The normalized spacial score (nSPS) is 17.0. The molecule has 0 saturated carbocycles. The first kappa shape index (κ1) is 13.5. The van der Waals surface area contributed by atoms with E-state index in [1.165, 1.54) is 6.07 Å². The van der Waals surface area contributed by atoms with E-state index in [-0.39, 0.29) is 11.7 Å². The number of carbonyl (C=O) groups excluding carboxylic acids is 1. The monoisotopic (exact) mass is 313 g/mol. The van der Waals surface area contributed by atoms with Crippen molar-refractivity contribution >= 4 is 21.8 Å². The van der Waals surface area contributed by atoms with Gasteiger partial charge >= 0.3 is 0 Å². The van der Waals surface area contributed by atoms with Crippen LogP contribution in [0.1, 0.15) is 35.7 Å². The second-order valence-corrected chi connectivity index (χ2v) is 5.91. The van der Waals surface area contributed by atoms with Crippen LogP contribution in [0, 0.1) is 18.7 Å². The lowest BCUT2D eigenvalue weighted by molar-refractivity contribution is 0.0696. The van der Waals surface area contributed by atoms with Crippen molar-refractivity contribution in [2.45, 2.75) is 26.7 Å². The van der Waals surface area contributed by atoms with E-state index in [9.17, 15) is 9.18 Å². The van der Waals surface area contributed by atoms with E-state index in [1.807, 2.05) is 4.90 Å². The third-order valence-corrected chi connectivity index (χ3v) is 4.21. The molecule has 0 unspecified atom stereocenters. The van der Waals surface area contributed by atoms with Gasteiger partial charge in [-0.1, -0.05) is 6.92 Å². The number of benzene rings is 1. The van der Waals surface area contributed by atoms with Gasteiger partial charge in [0.2, 0.25) is 0 Å². The zero-order chi connectivity index (χ0) is 13.3. The smallest absolute Gasteiger partial charge is 0.255 e. The molecule has 0 N–H and O–H groups in total. The van der Waals surface area contributed by atoms with Gasteiger partial charge in [0.25, 0.3) is 5.91 Å². The number of aryl methyl sites for hydroxylation is 1. The van der Waals surface area contributed by atoms with E-state index in [1.54, 1.807) is 13.0 Å². The van der Waals surface area contributed by atoms with Gasteiger partial charge in [0.1, 0.15) is 5.82 Å². The maximum atomic E-state index is 13.6. The molecule has 0 radical (unpaired) electrons. The molecule has 0 aliphatic carbocycles. The molecule has 1 heterocycles. The van der Waals surface area contributed by atoms with Gasteiger partial charge in [-0.25, -0.2) is 4.39 Å². The summed E-state index contributed by atoms with van der Waals surface area (Å²) in [5.41, 5.74) is 0.971. The number of hydrogen-bond acceptors (Lipinski definition) is 1. The van der Waals surface area contributed by atoms with Crippen molar-refractivity contribution in [3.63, 3.8) is 0 Å². The highest BCUT2D eigenvalue weighted by Gasteiger charge is 2.23. The fourth-order valence-electron chi connectivity index (χ4n) is 2.19. The summed E-state index contributed by atoms with van der Waals surface area (Å²) >= 11 is 3.35. The zero-order valence-corrected chi connectivity index (χ0v) is 12.3. The number of piperidine rings is 1. The van der Waals surface area contributed by atoms with E-state index in [0.717, 1.165) is 25.9 Å². The number of halogens is 2. The maximum Gasteiger partial charge on any atom is 0.255 e. The molecule has 4 heteroatoms. The molecule has 0 spiro atoms. The predicted molar refractivity (Wildman–Crippen MR) is 73.1 cm³/mol. The molecular formula is C14H17BrFNO. The molecule has 1 aromatic rings.